The molecule has 0 fully saturated rings. The van der Waals surface area contributed by atoms with Gasteiger partial charge in [0.25, 0.3) is 0 Å². The lowest BCUT2D eigenvalue weighted by Gasteiger charge is -2.19. The summed E-state index contributed by atoms with van der Waals surface area (Å²) in [6.07, 6.45) is 0.500. The van der Waals surface area contributed by atoms with E-state index in [0.717, 1.165) is 0 Å². The Morgan fingerprint density at radius 3 is 2.24 bits per heavy atom. The number of carboxylic acids is 2. The standard InChI is InChI=1S/C10H18N2O5/c1-8(13)11-4-2-5-12(7-10(16)17)6-3-9(14)15/h2-7H2,1H3,(H,11,13)(H,14,15)(H,16,17). The van der Waals surface area contributed by atoms with Gasteiger partial charge in [-0.05, 0) is 6.42 Å². The Kier molecular flexibility index (Phi) is 7.70. The van der Waals surface area contributed by atoms with E-state index in [4.69, 9.17) is 10.2 Å². The molecule has 7 nitrogen and oxygen atoms in total. The minimum Gasteiger partial charge on any atom is -0.481 e. The molecule has 0 saturated carbocycles. The van der Waals surface area contributed by atoms with E-state index >= 15 is 0 Å². The van der Waals surface area contributed by atoms with Gasteiger partial charge >= 0.3 is 11.9 Å². The van der Waals surface area contributed by atoms with Gasteiger partial charge in [0.1, 0.15) is 0 Å². The van der Waals surface area contributed by atoms with Crippen molar-refractivity contribution in [2.75, 3.05) is 26.2 Å². The quantitative estimate of drug-likeness (QED) is 0.468. The largest absolute Gasteiger partial charge is 0.481 e. The number of hydrogen-bond acceptors (Lipinski definition) is 4. The van der Waals surface area contributed by atoms with Crippen LogP contribution in [0.2, 0.25) is 0 Å². The number of rotatable bonds is 9. The second-order valence-electron chi connectivity index (χ2n) is 3.65. The second kappa shape index (κ2) is 8.51. The fraction of sp³-hybridized carbons (Fsp3) is 0.700. The maximum absolute atomic E-state index is 10.6. The van der Waals surface area contributed by atoms with Crippen molar-refractivity contribution in [1.82, 2.24) is 10.2 Å². The molecule has 0 aliphatic rings. The maximum Gasteiger partial charge on any atom is 0.317 e. The van der Waals surface area contributed by atoms with Gasteiger partial charge in [-0.25, -0.2) is 0 Å². The van der Waals surface area contributed by atoms with Crippen LogP contribution in [0.25, 0.3) is 0 Å². The van der Waals surface area contributed by atoms with E-state index in [1.807, 2.05) is 0 Å². The molecule has 0 radical (unpaired) electrons. The van der Waals surface area contributed by atoms with E-state index in [9.17, 15) is 14.4 Å². The lowest BCUT2D eigenvalue weighted by atomic mass is 10.3. The number of amides is 1. The topological polar surface area (TPSA) is 107 Å². The van der Waals surface area contributed by atoms with Crippen LogP contribution in [0.4, 0.5) is 0 Å². The minimum atomic E-state index is -0.991. The lowest BCUT2D eigenvalue weighted by molar-refractivity contribution is -0.141. The average molecular weight is 246 g/mol. The first-order valence-corrected chi connectivity index (χ1v) is 5.32. The van der Waals surface area contributed by atoms with E-state index in [1.54, 1.807) is 0 Å². The van der Waals surface area contributed by atoms with Gasteiger partial charge in [0.15, 0.2) is 0 Å². The highest BCUT2D eigenvalue weighted by molar-refractivity contribution is 5.72. The maximum atomic E-state index is 10.6. The lowest BCUT2D eigenvalue weighted by Crippen LogP contribution is -2.34. The summed E-state index contributed by atoms with van der Waals surface area (Å²) in [6, 6.07) is 0. The van der Waals surface area contributed by atoms with E-state index in [2.05, 4.69) is 5.32 Å². The Hall–Kier alpha value is -1.63. The van der Waals surface area contributed by atoms with Crippen LogP contribution in [0, 0.1) is 0 Å². The molecule has 1 amide bonds. The fourth-order valence-corrected chi connectivity index (χ4v) is 1.28. The summed E-state index contributed by atoms with van der Waals surface area (Å²) >= 11 is 0. The first-order chi connectivity index (χ1) is 7.91. The molecule has 0 aliphatic heterocycles. The molecule has 0 atom stereocenters. The van der Waals surface area contributed by atoms with Crippen LogP contribution in [-0.4, -0.2) is 59.1 Å². The molecule has 0 heterocycles. The molecule has 0 rings (SSSR count). The summed E-state index contributed by atoms with van der Waals surface area (Å²) in [5.41, 5.74) is 0. The Balaban J connectivity index is 3.88. The third-order valence-corrected chi connectivity index (χ3v) is 2.03. The summed E-state index contributed by atoms with van der Waals surface area (Å²) in [4.78, 5) is 33.0. The number of carbonyl (C=O) groups is 3. The molecule has 0 aliphatic carbocycles. The van der Waals surface area contributed by atoms with Crippen LogP contribution in [0.3, 0.4) is 0 Å². The van der Waals surface area contributed by atoms with Gasteiger partial charge in [0.2, 0.25) is 5.91 Å². The molecule has 0 unspecified atom stereocenters. The summed E-state index contributed by atoms with van der Waals surface area (Å²) < 4.78 is 0. The summed E-state index contributed by atoms with van der Waals surface area (Å²) in [5.74, 6) is -2.09. The molecule has 3 N–H and O–H groups in total. The van der Waals surface area contributed by atoms with Gasteiger partial charge in [0.05, 0.1) is 13.0 Å². The summed E-state index contributed by atoms with van der Waals surface area (Å²) in [6.45, 7) is 2.31. The van der Waals surface area contributed by atoms with E-state index in [0.29, 0.717) is 19.5 Å². The highest BCUT2D eigenvalue weighted by Crippen LogP contribution is 1.94. The minimum absolute atomic E-state index is 0.0899. The highest BCUT2D eigenvalue weighted by atomic mass is 16.4. The first kappa shape index (κ1) is 15.4. The van der Waals surface area contributed by atoms with Gasteiger partial charge in [-0.3, -0.25) is 19.3 Å². The third-order valence-electron chi connectivity index (χ3n) is 2.03. The van der Waals surface area contributed by atoms with Crippen LogP contribution in [0.15, 0.2) is 0 Å². The molecule has 0 spiro atoms. The zero-order chi connectivity index (χ0) is 13.3. The van der Waals surface area contributed by atoms with Crippen molar-refractivity contribution in [3.63, 3.8) is 0 Å². The first-order valence-electron chi connectivity index (χ1n) is 5.32. The van der Waals surface area contributed by atoms with Gasteiger partial charge < -0.3 is 15.5 Å². The van der Waals surface area contributed by atoms with E-state index in [-0.39, 0.29) is 25.4 Å². The molecule has 17 heavy (non-hydrogen) atoms. The molecular weight excluding hydrogens is 228 g/mol. The second-order valence-corrected chi connectivity index (χ2v) is 3.65. The molecule has 0 saturated heterocycles. The van der Waals surface area contributed by atoms with Crippen LogP contribution in [0.5, 0.6) is 0 Å². The number of nitrogens with one attached hydrogen (secondary N) is 1. The Morgan fingerprint density at radius 2 is 1.76 bits per heavy atom. The van der Waals surface area contributed by atoms with Gasteiger partial charge in [0, 0.05) is 26.6 Å². The average Bonchev–Trinajstić information content (AvgIpc) is 2.19. The molecular formula is C10H18N2O5. The van der Waals surface area contributed by atoms with E-state index < -0.39 is 11.9 Å². The molecule has 7 heteroatoms. The van der Waals surface area contributed by atoms with Crippen molar-refractivity contribution in [1.29, 1.82) is 0 Å². The predicted octanol–water partition coefficient (Wildman–Crippen LogP) is -0.626. The molecule has 0 aromatic rings. The zero-order valence-electron chi connectivity index (χ0n) is 9.81. The van der Waals surface area contributed by atoms with Crippen molar-refractivity contribution in [3.8, 4) is 0 Å². The van der Waals surface area contributed by atoms with Crippen LogP contribution in [0.1, 0.15) is 19.8 Å². The molecule has 0 aromatic carbocycles. The number of hydrogen-bond donors (Lipinski definition) is 3. The van der Waals surface area contributed by atoms with Crippen molar-refractivity contribution < 1.29 is 24.6 Å². The monoisotopic (exact) mass is 246 g/mol. The van der Waals surface area contributed by atoms with Crippen LogP contribution < -0.4 is 5.32 Å². The van der Waals surface area contributed by atoms with Crippen molar-refractivity contribution >= 4 is 17.8 Å². The van der Waals surface area contributed by atoms with E-state index in [1.165, 1.54) is 11.8 Å². The van der Waals surface area contributed by atoms with Crippen LogP contribution in [-0.2, 0) is 14.4 Å². The van der Waals surface area contributed by atoms with Crippen LogP contribution >= 0.6 is 0 Å². The summed E-state index contributed by atoms with van der Waals surface area (Å²) in [5, 5.41) is 19.7. The van der Waals surface area contributed by atoms with Gasteiger partial charge in [-0.1, -0.05) is 0 Å². The highest BCUT2D eigenvalue weighted by Gasteiger charge is 2.10. The zero-order valence-corrected chi connectivity index (χ0v) is 9.81. The number of carbonyl (C=O) groups excluding carboxylic acids is 1. The SMILES string of the molecule is CC(=O)NCCCN(CCC(=O)O)CC(=O)O. The predicted molar refractivity (Wildman–Crippen MR) is 59.6 cm³/mol. The number of nitrogens with zero attached hydrogens (tertiary/aromatic N) is 1. The molecule has 0 bridgehead atoms. The normalized spacial score (nSPS) is 10.2. The third kappa shape index (κ3) is 10.6. The Labute approximate surface area is 99.4 Å². The van der Waals surface area contributed by atoms with Gasteiger partial charge in [-0.15, -0.1) is 0 Å². The Bertz CT molecular complexity index is 280. The van der Waals surface area contributed by atoms with Crippen molar-refractivity contribution in [3.05, 3.63) is 0 Å². The molecule has 98 valence electrons. The van der Waals surface area contributed by atoms with Crippen molar-refractivity contribution in [2.24, 2.45) is 0 Å². The number of carboxylic acid groups (broad SMARTS) is 2. The van der Waals surface area contributed by atoms with Crippen molar-refractivity contribution in [2.45, 2.75) is 19.8 Å². The smallest absolute Gasteiger partial charge is 0.317 e. The fourth-order valence-electron chi connectivity index (χ4n) is 1.28. The molecule has 0 aromatic heterocycles. The number of aliphatic carboxylic acids is 2. The summed E-state index contributed by atoms with van der Waals surface area (Å²) in [7, 11) is 0. The Morgan fingerprint density at radius 1 is 1.12 bits per heavy atom. The van der Waals surface area contributed by atoms with Gasteiger partial charge in [-0.2, -0.15) is 0 Å².